The van der Waals surface area contributed by atoms with Gasteiger partial charge in [0.25, 0.3) is 0 Å². The number of nitrogens with zero attached hydrogens (tertiary/aromatic N) is 1. The maximum absolute atomic E-state index is 10.7. The van der Waals surface area contributed by atoms with E-state index in [9.17, 15) is 4.79 Å². The summed E-state index contributed by atoms with van der Waals surface area (Å²) in [6, 6.07) is 5.79. The van der Waals surface area contributed by atoms with Gasteiger partial charge in [-0.15, -0.1) is 0 Å². The SMILES string of the molecule is NC(=O)Cc1ccc2nsc(I)c2c1. The molecule has 2 aromatic rings. The van der Waals surface area contributed by atoms with Crippen LogP contribution >= 0.6 is 34.1 Å². The Hall–Kier alpha value is -0.690. The summed E-state index contributed by atoms with van der Waals surface area (Å²) < 4.78 is 5.40. The number of carbonyl (C=O) groups is 1. The highest BCUT2D eigenvalue weighted by atomic mass is 127. The molecule has 5 heteroatoms. The smallest absolute Gasteiger partial charge is 0.221 e. The van der Waals surface area contributed by atoms with E-state index in [4.69, 9.17) is 5.73 Å². The molecule has 0 saturated carbocycles. The van der Waals surface area contributed by atoms with Gasteiger partial charge in [0.2, 0.25) is 5.91 Å². The first-order valence-electron chi connectivity index (χ1n) is 3.99. The van der Waals surface area contributed by atoms with Gasteiger partial charge in [-0.3, -0.25) is 4.79 Å². The minimum Gasteiger partial charge on any atom is -0.369 e. The monoisotopic (exact) mass is 318 g/mol. The third-order valence-electron chi connectivity index (χ3n) is 1.88. The van der Waals surface area contributed by atoms with Gasteiger partial charge in [-0.05, 0) is 51.8 Å². The van der Waals surface area contributed by atoms with E-state index < -0.39 is 0 Å². The summed E-state index contributed by atoms with van der Waals surface area (Å²) in [5.41, 5.74) is 7.05. The molecule has 0 aliphatic heterocycles. The molecule has 1 heterocycles. The Kier molecular flexibility index (Phi) is 2.69. The van der Waals surface area contributed by atoms with Crippen molar-refractivity contribution < 1.29 is 4.79 Å². The molecule has 0 saturated heterocycles. The summed E-state index contributed by atoms with van der Waals surface area (Å²) in [5, 5.41) is 1.11. The number of fused-ring (bicyclic) bond motifs is 1. The van der Waals surface area contributed by atoms with Gasteiger partial charge in [-0.2, -0.15) is 4.37 Å². The highest BCUT2D eigenvalue weighted by Crippen LogP contribution is 2.24. The Morgan fingerprint density at radius 1 is 1.57 bits per heavy atom. The van der Waals surface area contributed by atoms with Crippen LogP contribution in [-0.2, 0) is 11.2 Å². The molecule has 0 aliphatic carbocycles. The van der Waals surface area contributed by atoms with E-state index in [-0.39, 0.29) is 5.91 Å². The number of nitrogens with two attached hydrogens (primary N) is 1. The molecule has 0 fully saturated rings. The summed E-state index contributed by atoms with van der Waals surface area (Å²) in [6.45, 7) is 0. The number of benzene rings is 1. The van der Waals surface area contributed by atoms with E-state index >= 15 is 0 Å². The first-order chi connectivity index (χ1) is 6.66. The summed E-state index contributed by atoms with van der Waals surface area (Å²) in [5.74, 6) is -0.303. The number of rotatable bonds is 2. The molecule has 1 aromatic heterocycles. The molecule has 0 radical (unpaired) electrons. The first kappa shape index (κ1) is 9.85. The van der Waals surface area contributed by atoms with Crippen molar-refractivity contribution >= 4 is 50.9 Å². The van der Waals surface area contributed by atoms with E-state index in [1.54, 1.807) is 0 Å². The second kappa shape index (κ2) is 3.82. The minimum absolute atomic E-state index is 0.294. The fourth-order valence-corrected chi connectivity index (χ4v) is 2.60. The van der Waals surface area contributed by atoms with Gasteiger partial charge in [-0.25, -0.2) is 0 Å². The van der Waals surface area contributed by atoms with Crippen LogP contribution in [0.4, 0.5) is 0 Å². The zero-order valence-electron chi connectivity index (χ0n) is 7.16. The van der Waals surface area contributed by atoms with Crippen molar-refractivity contribution in [2.45, 2.75) is 6.42 Å². The summed E-state index contributed by atoms with van der Waals surface area (Å²) in [7, 11) is 0. The molecule has 1 aromatic carbocycles. The van der Waals surface area contributed by atoms with Gasteiger partial charge >= 0.3 is 0 Å². The fourth-order valence-electron chi connectivity index (χ4n) is 1.27. The van der Waals surface area contributed by atoms with Gasteiger partial charge < -0.3 is 5.73 Å². The van der Waals surface area contributed by atoms with E-state index in [1.165, 1.54) is 11.5 Å². The zero-order chi connectivity index (χ0) is 10.1. The van der Waals surface area contributed by atoms with Crippen LogP contribution in [0.5, 0.6) is 0 Å². The summed E-state index contributed by atoms with van der Waals surface area (Å²) in [4.78, 5) is 10.7. The lowest BCUT2D eigenvalue weighted by Crippen LogP contribution is -2.13. The second-order valence-corrected chi connectivity index (χ2v) is 5.54. The van der Waals surface area contributed by atoms with Gasteiger partial charge in [0.1, 0.15) is 0 Å². The van der Waals surface area contributed by atoms with Crippen molar-refractivity contribution in [2.75, 3.05) is 0 Å². The Balaban J connectivity index is 2.49. The largest absolute Gasteiger partial charge is 0.369 e. The lowest BCUT2D eigenvalue weighted by atomic mass is 10.1. The van der Waals surface area contributed by atoms with Crippen LogP contribution in [0.15, 0.2) is 18.2 Å². The first-order valence-corrected chi connectivity index (χ1v) is 5.84. The molecule has 3 nitrogen and oxygen atoms in total. The van der Waals surface area contributed by atoms with E-state index in [1.807, 2.05) is 18.2 Å². The number of carbonyl (C=O) groups excluding carboxylic acids is 1. The number of hydrogen-bond donors (Lipinski definition) is 1. The molecule has 72 valence electrons. The Morgan fingerprint density at radius 3 is 3.07 bits per heavy atom. The molecular formula is C9H7IN2OS. The number of halogens is 1. The van der Waals surface area contributed by atoms with Crippen molar-refractivity contribution in [3.8, 4) is 0 Å². The zero-order valence-corrected chi connectivity index (χ0v) is 10.1. The van der Waals surface area contributed by atoms with Crippen LogP contribution in [0.25, 0.3) is 10.9 Å². The molecule has 0 unspecified atom stereocenters. The highest BCUT2D eigenvalue weighted by Gasteiger charge is 2.05. The maximum atomic E-state index is 10.7. The summed E-state index contributed by atoms with van der Waals surface area (Å²) >= 11 is 3.71. The number of primary amides is 1. The van der Waals surface area contributed by atoms with Crippen LogP contribution in [0.3, 0.4) is 0 Å². The molecule has 14 heavy (non-hydrogen) atoms. The highest BCUT2D eigenvalue weighted by molar-refractivity contribution is 14.1. The maximum Gasteiger partial charge on any atom is 0.221 e. The van der Waals surface area contributed by atoms with Crippen LogP contribution in [0.1, 0.15) is 5.56 Å². The average Bonchev–Trinajstić information content (AvgIpc) is 2.47. The number of hydrogen-bond acceptors (Lipinski definition) is 3. The molecule has 2 rings (SSSR count). The van der Waals surface area contributed by atoms with Crippen molar-refractivity contribution in [3.05, 3.63) is 26.6 Å². The minimum atomic E-state index is -0.303. The van der Waals surface area contributed by atoms with Gasteiger partial charge in [-0.1, -0.05) is 6.07 Å². The lowest BCUT2D eigenvalue weighted by molar-refractivity contribution is -0.117. The second-order valence-electron chi connectivity index (χ2n) is 2.95. The normalized spacial score (nSPS) is 10.6. The van der Waals surface area contributed by atoms with Crippen LogP contribution in [-0.4, -0.2) is 10.3 Å². The third kappa shape index (κ3) is 1.88. The Labute approximate surface area is 98.6 Å². The number of aromatic nitrogens is 1. The Bertz CT molecular complexity index is 495. The van der Waals surface area contributed by atoms with Crippen molar-refractivity contribution in [3.63, 3.8) is 0 Å². The van der Waals surface area contributed by atoms with Gasteiger partial charge in [0.15, 0.2) is 0 Å². The van der Waals surface area contributed by atoms with Crippen molar-refractivity contribution in [2.24, 2.45) is 5.73 Å². The predicted molar refractivity (Wildman–Crippen MR) is 65.2 cm³/mol. The standard InChI is InChI=1S/C9H7IN2OS/c10-9-6-3-5(4-8(11)13)1-2-7(6)12-14-9/h1-3H,4H2,(H2,11,13). The van der Waals surface area contributed by atoms with Gasteiger partial charge in [0, 0.05) is 5.39 Å². The van der Waals surface area contributed by atoms with Crippen molar-refractivity contribution in [1.29, 1.82) is 0 Å². The fraction of sp³-hybridized carbons (Fsp3) is 0.111. The molecular weight excluding hydrogens is 311 g/mol. The molecule has 0 atom stereocenters. The quantitative estimate of drug-likeness (QED) is 0.860. The topological polar surface area (TPSA) is 56.0 Å². The lowest BCUT2D eigenvalue weighted by Gasteiger charge is -1.97. The van der Waals surface area contributed by atoms with Crippen LogP contribution in [0, 0.1) is 2.88 Å². The Morgan fingerprint density at radius 2 is 2.36 bits per heavy atom. The molecule has 0 aliphatic rings. The third-order valence-corrected chi connectivity index (χ3v) is 3.72. The number of amides is 1. The van der Waals surface area contributed by atoms with Gasteiger partial charge in [0.05, 0.1) is 14.8 Å². The molecule has 0 spiro atoms. The van der Waals surface area contributed by atoms with Crippen LogP contribution < -0.4 is 5.73 Å². The average molecular weight is 318 g/mol. The van der Waals surface area contributed by atoms with E-state index in [0.717, 1.165) is 19.4 Å². The van der Waals surface area contributed by atoms with E-state index in [0.29, 0.717) is 6.42 Å². The molecule has 2 N–H and O–H groups in total. The van der Waals surface area contributed by atoms with Crippen molar-refractivity contribution in [1.82, 2.24) is 4.37 Å². The summed E-state index contributed by atoms with van der Waals surface area (Å²) in [6.07, 6.45) is 0.294. The van der Waals surface area contributed by atoms with Crippen LogP contribution in [0.2, 0.25) is 0 Å². The van der Waals surface area contributed by atoms with E-state index in [2.05, 4.69) is 27.0 Å². The molecule has 1 amide bonds. The molecule has 0 bridgehead atoms. The predicted octanol–water partition coefficient (Wildman–Crippen LogP) is 1.93.